The summed E-state index contributed by atoms with van der Waals surface area (Å²) in [5.41, 5.74) is 0.870. The number of nitrogens with zero attached hydrogens (tertiary/aromatic N) is 1. The van der Waals surface area contributed by atoms with E-state index in [1.54, 1.807) is 0 Å². The average molecular weight is 391 g/mol. The van der Waals surface area contributed by atoms with Gasteiger partial charge in [0.1, 0.15) is 27.8 Å². The van der Waals surface area contributed by atoms with Crippen molar-refractivity contribution < 1.29 is 22.3 Å². The number of hydrogen-bond acceptors (Lipinski definition) is 4. The van der Waals surface area contributed by atoms with Crippen molar-refractivity contribution in [3.05, 3.63) is 53.8 Å². The summed E-state index contributed by atoms with van der Waals surface area (Å²) in [6.45, 7) is 0.675. The summed E-state index contributed by atoms with van der Waals surface area (Å²) >= 11 is 0. The largest absolute Gasteiger partial charge is 0.495 e. The van der Waals surface area contributed by atoms with Gasteiger partial charge in [-0.1, -0.05) is 18.2 Å². The lowest BCUT2D eigenvalue weighted by atomic mass is 9.84. The van der Waals surface area contributed by atoms with E-state index in [0.717, 1.165) is 24.7 Å². The van der Waals surface area contributed by atoms with Gasteiger partial charge in [0, 0.05) is 25.9 Å². The molecule has 1 fully saturated rings. The van der Waals surface area contributed by atoms with Crippen LogP contribution in [0.4, 0.5) is 4.39 Å². The number of benzene rings is 2. The molecule has 2 aliphatic heterocycles. The van der Waals surface area contributed by atoms with E-state index in [4.69, 9.17) is 9.47 Å². The molecule has 0 N–H and O–H groups in total. The maximum absolute atomic E-state index is 13.6. The molecule has 2 aromatic rings. The van der Waals surface area contributed by atoms with E-state index in [-0.39, 0.29) is 16.2 Å². The third-order valence-corrected chi connectivity index (χ3v) is 7.45. The molecule has 0 amide bonds. The van der Waals surface area contributed by atoms with Gasteiger partial charge in [-0.25, -0.2) is 12.8 Å². The lowest BCUT2D eigenvalue weighted by Gasteiger charge is -2.44. The first-order chi connectivity index (χ1) is 12.9. The second-order valence-electron chi connectivity index (χ2n) is 7.09. The summed E-state index contributed by atoms with van der Waals surface area (Å²) < 4.78 is 52.5. The van der Waals surface area contributed by atoms with Gasteiger partial charge >= 0.3 is 0 Å². The van der Waals surface area contributed by atoms with Crippen LogP contribution < -0.4 is 9.47 Å². The van der Waals surface area contributed by atoms with Crippen LogP contribution >= 0.6 is 0 Å². The number of aryl methyl sites for hydroxylation is 1. The zero-order valence-electron chi connectivity index (χ0n) is 15.2. The molecule has 0 atom stereocenters. The number of hydrogen-bond donors (Lipinski definition) is 0. The van der Waals surface area contributed by atoms with Crippen molar-refractivity contribution in [3.63, 3.8) is 0 Å². The molecule has 1 spiro atoms. The van der Waals surface area contributed by atoms with Crippen LogP contribution in [0.25, 0.3) is 0 Å². The molecule has 7 heteroatoms. The van der Waals surface area contributed by atoms with Crippen LogP contribution in [-0.2, 0) is 16.4 Å². The maximum Gasteiger partial charge on any atom is 0.246 e. The molecular formula is C20H22FNO4S. The monoisotopic (exact) mass is 391 g/mol. The lowest BCUT2D eigenvalue weighted by molar-refractivity contribution is 0.00179. The molecule has 2 aliphatic rings. The van der Waals surface area contributed by atoms with Crippen molar-refractivity contribution in [2.45, 2.75) is 36.2 Å². The van der Waals surface area contributed by atoms with Crippen LogP contribution in [-0.4, -0.2) is 38.5 Å². The zero-order chi connectivity index (χ0) is 19.1. The van der Waals surface area contributed by atoms with E-state index in [0.29, 0.717) is 25.9 Å². The van der Waals surface area contributed by atoms with E-state index in [9.17, 15) is 12.8 Å². The fourth-order valence-electron chi connectivity index (χ4n) is 3.93. The van der Waals surface area contributed by atoms with Gasteiger partial charge in [-0.2, -0.15) is 4.31 Å². The van der Waals surface area contributed by atoms with Crippen LogP contribution in [0.3, 0.4) is 0 Å². The first kappa shape index (κ1) is 18.3. The Kier molecular flexibility index (Phi) is 4.60. The second-order valence-corrected chi connectivity index (χ2v) is 9.00. The Labute approximate surface area is 158 Å². The zero-order valence-corrected chi connectivity index (χ0v) is 16.0. The minimum absolute atomic E-state index is 0.129. The molecule has 5 nitrogen and oxygen atoms in total. The first-order valence-corrected chi connectivity index (χ1v) is 10.5. The highest BCUT2D eigenvalue weighted by Crippen LogP contribution is 2.40. The number of rotatable bonds is 3. The van der Waals surface area contributed by atoms with E-state index < -0.39 is 15.8 Å². The van der Waals surface area contributed by atoms with E-state index >= 15 is 0 Å². The van der Waals surface area contributed by atoms with Crippen LogP contribution in [0.1, 0.15) is 24.8 Å². The standard InChI is InChI=1S/C20H22FNO4S/c1-25-18-7-6-16(21)14-19(18)27(23,24)22-12-10-20(11-13-22)9-8-15-4-2-3-5-17(15)26-20/h2-7,14H,8-13H2,1H3. The molecule has 0 saturated carbocycles. The number of methoxy groups -OCH3 is 1. The first-order valence-electron chi connectivity index (χ1n) is 9.04. The second kappa shape index (κ2) is 6.80. The maximum atomic E-state index is 13.6. The number of fused-ring (bicyclic) bond motifs is 1. The highest BCUT2D eigenvalue weighted by Gasteiger charge is 2.42. The van der Waals surface area contributed by atoms with Gasteiger partial charge in [-0.3, -0.25) is 0 Å². The van der Waals surface area contributed by atoms with Gasteiger partial charge in [0.25, 0.3) is 0 Å². The third-order valence-electron chi connectivity index (χ3n) is 5.53. The van der Waals surface area contributed by atoms with Gasteiger partial charge in [0.2, 0.25) is 10.0 Å². The summed E-state index contributed by atoms with van der Waals surface area (Å²) in [5.74, 6) is 0.446. The minimum atomic E-state index is -3.83. The molecule has 0 bridgehead atoms. The van der Waals surface area contributed by atoms with Gasteiger partial charge < -0.3 is 9.47 Å². The lowest BCUT2D eigenvalue weighted by Crippen LogP contribution is -2.51. The Morgan fingerprint density at radius 1 is 1.11 bits per heavy atom. The topological polar surface area (TPSA) is 55.8 Å². The van der Waals surface area contributed by atoms with Crippen molar-refractivity contribution in [1.82, 2.24) is 4.31 Å². The molecule has 1 saturated heterocycles. The van der Waals surface area contributed by atoms with Gasteiger partial charge in [-0.05, 0) is 42.7 Å². The number of sulfonamides is 1. The van der Waals surface area contributed by atoms with E-state index in [2.05, 4.69) is 6.07 Å². The fourth-order valence-corrected chi connectivity index (χ4v) is 5.54. The predicted molar refractivity (Wildman–Crippen MR) is 99.1 cm³/mol. The number of para-hydroxylation sites is 1. The summed E-state index contributed by atoms with van der Waals surface area (Å²) in [5, 5.41) is 0. The summed E-state index contributed by atoms with van der Waals surface area (Å²) in [7, 11) is -2.45. The van der Waals surface area contributed by atoms with Crippen molar-refractivity contribution in [2.24, 2.45) is 0 Å². The van der Waals surface area contributed by atoms with Gasteiger partial charge in [0.15, 0.2) is 0 Å². The Morgan fingerprint density at radius 3 is 2.59 bits per heavy atom. The Morgan fingerprint density at radius 2 is 1.85 bits per heavy atom. The molecule has 27 heavy (non-hydrogen) atoms. The third kappa shape index (κ3) is 3.30. The van der Waals surface area contributed by atoms with Crippen LogP contribution in [0.5, 0.6) is 11.5 Å². The summed E-state index contributed by atoms with van der Waals surface area (Å²) in [4.78, 5) is -0.129. The number of halogens is 1. The highest BCUT2D eigenvalue weighted by molar-refractivity contribution is 7.89. The molecule has 0 unspecified atom stereocenters. The number of ether oxygens (including phenoxy) is 2. The molecule has 0 aromatic heterocycles. The highest BCUT2D eigenvalue weighted by atomic mass is 32.2. The van der Waals surface area contributed by atoms with Gasteiger partial charge in [-0.15, -0.1) is 0 Å². The minimum Gasteiger partial charge on any atom is -0.495 e. The Balaban J connectivity index is 1.54. The molecule has 0 aliphatic carbocycles. The van der Waals surface area contributed by atoms with Crippen LogP contribution in [0, 0.1) is 5.82 Å². The number of piperidine rings is 1. The van der Waals surface area contributed by atoms with Crippen molar-refractivity contribution in [3.8, 4) is 11.5 Å². The van der Waals surface area contributed by atoms with Crippen molar-refractivity contribution in [2.75, 3.05) is 20.2 Å². The predicted octanol–water partition coefficient (Wildman–Crippen LogP) is 3.38. The van der Waals surface area contributed by atoms with Gasteiger partial charge in [0.05, 0.1) is 7.11 Å². The summed E-state index contributed by atoms with van der Waals surface area (Å²) in [6.07, 6.45) is 3.03. The van der Waals surface area contributed by atoms with Crippen LogP contribution in [0.2, 0.25) is 0 Å². The van der Waals surface area contributed by atoms with E-state index in [1.165, 1.54) is 29.1 Å². The normalized spacial score (nSPS) is 19.3. The summed E-state index contributed by atoms with van der Waals surface area (Å²) in [6, 6.07) is 11.5. The molecule has 0 radical (unpaired) electrons. The van der Waals surface area contributed by atoms with Crippen molar-refractivity contribution in [1.29, 1.82) is 0 Å². The molecular weight excluding hydrogens is 369 g/mol. The molecule has 2 heterocycles. The molecule has 2 aromatic carbocycles. The SMILES string of the molecule is COc1ccc(F)cc1S(=O)(=O)N1CCC2(CCc3ccccc3O2)CC1. The molecule has 4 rings (SSSR count). The van der Waals surface area contributed by atoms with Crippen LogP contribution in [0.15, 0.2) is 47.4 Å². The van der Waals surface area contributed by atoms with Crippen molar-refractivity contribution >= 4 is 10.0 Å². The smallest absolute Gasteiger partial charge is 0.246 e. The Bertz CT molecular complexity index is 952. The average Bonchev–Trinajstić information content (AvgIpc) is 2.68. The fraction of sp³-hybridized carbons (Fsp3) is 0.400. The Hall–Kier alpha value is -2.12. The molecule has 144 valence electrons. The van der Waals surface area contributed by atoms with E-state index in [1.807, 2.05) is 18.2 Å². The quantitative estimate of drug-likeness (QED) is 0.805.